The fraction of sp³-hybridized carbons (Fsp3) is 0. The number of hydrogen-bond donors (Lipinski definition) is 0. The summed E-state index contributed by atoms with van der Waals surface area (Å²) in [5, 5.41) is 9.57. The number of benzene rings is 9. The molecule has 0 saturated heterocycles. The first-order valence-electron chi connectivity index (χ1n) is 19.1. The second-order valence-electron chi connectivity index (χ2n) is 14.6. The molecule has 0 N–H and O–H groups in total. The molecule has 4 nitrogen and oxygen atoms in total. The summed E-state index contributed by atoms with van der Waals surface area (Å²) in [5.41, 5.74) is 13.1. The van der Waals surface area contributed by atoms with Crippen molar-refractivity contribution in [2.75, 3.05) is 0 Å². The van der Waals surface area contributed by atoms with Crippen molar-refractivity contribution in [3.8, 4) is 33.8 Å². The van der Waals surface area contributed by atoms with Crippen molar-refractivity contribution >= 4 is 76.2 Å². The SMILES string of the molecule is c1ccc(-n2c3ccccc3c3cc(-c4ccc5c6ccccc6n(-c6cccc(-c7cnc8c9ccccc9c9ccccc9c8n7)c6)c5c4)ccc32)cc1. The van der Waals surface area contributed by atoms with Gasteiger partial charge in [-0.1, -0.05) is 133 Å². The van der Waals surface area contributed by atoms with Gasteiger partial charge in [-0.05, 0) is 76.5 Å². The van der Waals surface area contributed by atoms with Gasteiger partial charge in [0.1, 0.15) is 0 Å². The maximum Gasteiger partial charge on any atom is 0.0979 e. The molecule has 0 fully saturated rings. The molecule has 3 aromatic heterocycles. The lowest BCUT2D eigenvalue weighted by atomic mass is 9.99. The lowest BCUT2D eigenvalue weighted by molar-refractivity contribution is 1.18. The van der Waals surface area contributed by atoms with Crippen molar-refractivity contribution < 1.29 is 0 Å². The molecule has 0 aliphatic carbocycles. The van der Waals surface area contributed by atoms with Crippen LogP contribution in [0.4, 0.5) is 0 Å². The number of para-hydroxylation sites is 3. The van der Waals surface area contributed by atoms with Gasteiger partial charge in [0.05, 0.1) is 45.0 Å². The molecule has 0 aliphatic heterocycles. The van der Waals surface area contributed by atoms with Gasteiger partial charge in [-0.15, -0.1) is 0 Å². The summed E-state index contributed by atoms with van der Waals surface area (Å²) < 4.78 is 4.77. The summed E-state index contributed by atoms with van der Waals surface area (Å²) in [4.78, 5) is 10.4. The minimum Gasteiger partial charge on any atom is -0.309 e. The molecule has 12 aromatic rings. The molecular formula is C52H32N4. The van der Waals surface area contributed by atoms with Crippen LogP contribution < -0.4 is 0 Å². The van der Waals surface area contributed by atoms with Crippen LogP contribution in [0.5, 0.6) is 0 Å². The topological polar surface area (TPSA) is 35.6 Å². The van der Waals surface area contributed by atoms with E-state index in [1.807, 2.05) is 6.20 Å². The monoisotopic (exact) mass is 712 g/mol. The lowest BCUT2D eigenvalue weighted by Gasteiger charge is -2.12. The van der Waals surface area contributed by atoms with Gasteiger partial charge in [-0.3, -0.25) is 4.98 Å². The Morgan fingerprint density at radius 1 is 0.304 bits per heavy atom. The summed E-state index contributed by atoms with van der Waals surface area (Å²) in [6, 6.07) is 67.6. The van der Waals surface area contributed by atoms with Crippen LogP contribution in [0.25, 0.3) is 110 Å². The summed E-state index contributed by atoms with van der Waals surface area (Å²) in [6.07, 6.45) is 1.93. The fourth-order valence-corrected chi connectivity index (χ4v) is 9.00. The third kappa shape index (κ3) is 4.53. The van der Waals surface area contributed by atoms with Crippen LogP contribution in [0.2, 0.25) is 0 Å². The molecule has 9 aromatic carbocycles. The number of hydrogen-bond acceptors (Lipinski definition) is 2. The Hall–Kier alpha value is -7.56. The Morgan fingerprint density at radius 3 is 1.59 bits per heavy atom. The number of nitrogens with zero attached hydrogens (tertiary/aromatic N) is 4. The second kappa shape index (κ2) is 12.0. The fourth-order valence-electron chi connectivity index (χ4n) is 9.00. The molecule has 0 spiro atoms. The van der Waals surface area contributed by atoms with E-state index < -0.39 is 0 Å². The zero-order valence-corrected chi connectivity index (χ0v) is 30.3. The van der Waals surface area contributed by atoms with Crippen molar-refractivity contribution in [3.63, 3.8) is 0 Å². The van der Waals surface area contributed by atoms with Crippen LogP contribution >= 0.6 is 0 Å². The zero-order chi connectivity index (χ0) is 36.7. The highest BCUT2D eigenvalue weighted by Gasteiger charge is 2.17. The van der Waals surface area contributed by atoms with E-state index >= 15 is 0 Å². The summed E-state index contributed by atoms with van der Waals surface area (Å²) in [5.74, 6) is 0. The molecule has 0 radical (unpaired) electrons. The first kappa shape index (κ1) is 30.9. The molecule has 260 valence electrons. The summed E-state index contributed by atoms with van der Waals surface area (Å²) >= 11 is 0. The van der Waals surface area contributed by atoms with Gasteiger partial charge in [0, 0.05) is 49.3 Å². The highest BCUT2D eigenvalue weighted by Crippen LogP contribution is 2.39. The van der Waals surface area contributed by atoms with Crippen LogP contribution in [0.3, 0.4) is 0 Å². The third-order valence-corrected chi connectivity index (χ3v) is 11.5. The molecule has 0 bridgehead atoms. The van der Waals surface area contributed by atoms with E-state index in [4.69, 9.17) is 9.97 Å². The second-order valence-corrected chi connectivity index (χ2v) is 14.6. The predicted octanol–water partition coefficient (Wildman–Crippen LogP) is 13.5. The van der Waals surface area contributed by atoms with E-state index in [-0.39, 0.29) is 0 Å². The largest absolute Gasteiger partial charge is 0.309 e. The van der Waals surface area contributed by atoms with E-state index in [1.54, 1.807) is 0 Å². The van der Waals surface area contributed by atoms with Crippen molar-refractivity contribution in [2.45, 2.75) is 0 Å². The molecule has 56 heavy (non-hydrogen) atoms. The minimum atomic E-state index is 0.851. The maximum atomic E-state index is 5.32. The van der Waals surface area contributed by atoms with Crippen molar-refractivity contribution in [2.24, 2.45) is 0 Å². The highest BCUT2D eigenvalue weighted by atomic mass is 15.0. The Labute approximate surface area is 322 Å². The molecule has 3 heterocycles. The zero-order valence-electron chi connectivity index (χ0n) is 30.3. The van der Waals surface area contributed by atoms with E-state index in [0.29, 0.717) is 0 Å². The quantitative estimate of drug-likeness (QED) is 0.170. The Balaban J connectivity index is 1.03. The van der Waals surface area contributed by atoms with E-state index in [2.05, 4.69) is 197 Å². The number of aromatic nitrogens is 4. The van der Waals surface area contributed by atoms with Gasteiger partial charge in [0.2, 0.25) is 0 Å². The highest BCUT2D eigenvalue weighted by molar-refractivity contribution is 6.23. The molecule has 12 rings (SSSR count). The van der Waals surface area contributed by atoms with Crippen molar-refractivity contribution in [3.05, 3.63) is 194 Å². The van der Waals surface area contributed by atoms with Gasteiger partial charge < -0.3 is 9.13 Å². The van der Waals surface area contributed by atoms with E-state index in [1.165, 1.54) is 60.0 Å². The molecule has 0 saturated carbocycles. The van der Waals surface area contributed by atoms with Gasteiger partial charge >= 0.3 is 0 Å². The Kier molecular flexibility index (Phi) is 6.60. The smallest absolute Gasteiger partial charge is 0.0979 e. The van der Waals surface area contributed by atoms with Crippen LogP contribution in [0.1, 0.15) is 0 Å². The molecular weight excluding hydrogens is 681 g/mol. The molecule has 0 unspecified atom stereocenters. The first-order valence-corrected chi connectivity index (χ1v) is 19.1. The van der Waals surface area contributed by atoms with E-state index in [0.717, 1.165) is 50.0 Å². The van der Waals surface area contributed by atoms with Crippen molar-refractivity contribution in [1.29, 1.82) is 0 Å². The summed E-state index contributed by atoms with van der Waals surface area (Å²) in [6.45, 7) is 0. The van der Waals surface area contributed by atoms with Gasteiger partial charge in [-0.2, -0.15) is 0 Å². The first-order chi connectivity index (χ1) is 27.8. The van der Waals surface area contributed by atoms with Gasteiger partial charge in [-0.25, -0.2) is 4.98 Å². The summed E-state index contributed by atoms with van der Waals surface area (Å²) in [7, 11) is 0. The Morgan fingerprint density at radius 2 is 0.839 bits per heavy atom. The molecule has 0 atom stereocenters. The molecule has 0 amide bonds. The third-order valence-electron chi connectivity index (χ3n) is 11.5. The number of rotatable bonds is 4. The molecule has 4 heteroatoms. The Bertz CT molecular complexity index is 3500. The predicted molar refractivity (Wildman–Crippen MR) is 234 cm³/mol. The van der Waals surface area contributed by atoms with Crippen LogP contribution in [0, 0.1) is 0 Å². The van der Waals surface area contributed by atoms with Crippen molar-refractivity contribution in [1.82, 2.24) is 19.1 Å². The molecule has 0 aliphatic rings. The van der Waals surface area contributed by atoms with Crippen LogP contribution in [-0.2, 0) is 0 Å². The normalized spacial score (nSPS) is 11.9. The average Bonchev–Trinajstić information content (AvgIpc) is 3.79. The standard InChI is InChI=1S/C52H32N4/c1-2-14-36(15-3-1)55-48-24-11-9-20-41(48)45-30-33(26-28-49(45)55)34-25-27-42-40-19-8-10-23-47(40)56(50(42)31-34)37-16-12-13-35(29-37)46-32-53-51-43-21-6-4-17-38(43)39-18-5-7-22-44(39)52(51)54-46/h1-32H. The lowest BCUT2D eigenvalue weighted by Crippen LogP contribution is -1.96. The van der Waals surface area contributed by atoms with Gasteiger partial charge in [0.25, 0.3) is 0 Å². The van der Waals surface area contributed by atoms with Crippen LogP contribution in [-0.4, -0.2) is 19.1 Å². The minimum absolute atomic E-state index is 0.851. The van der Waals surface area contributed by atoms with E-state index in [9.17, 15) is 0 Å². The number of fused-ring (bicyclic) bond motifs is 12. The van der Waals surface area contributed by atoms with Crippen LogP contribution in [0.15, 0.2) is 194 Å². The average molecular weight is 713 g/mol. The van der Waals surface area contributed by atoms with Gasteiger partial charge in [0.15, 0.2) is 0 Å². The maximum absolute atomic E-state index is 5.32.